The number of nitrogens with zero attached hydrogens (tertiary/aromatic N) is 2. The maximum absolute atomic E-state index is 13.2. The zero-order chi connectivity index (χ0) is 22.9. The van der Waals surface area contributed by atoms with E-state index in [9.17, 15) is 18.0 Å². The zero-order valence-corrected chi connectivity index (χ0v) is 19.0. The SMILES string of the molecule is Cc1ccc(S(=O)(=O)N2CCCC[C@@H]2C(=O)Nc2nc(-c3c[nH]c(C(N)=O)c3)cs2)cc1. The summed E-state index contributed by atoms with van der Waals surface area (Å²) < 4.78 is 27.7. The number of nitrogens with one attached hydrogen (secondary N) is 2. The molecule has 0 bridgehead atoms. The summed E-state index contributed by atoms with van der Waals surface area (Å²) in [7, 11) is -3.80. The Kier molecular flexibility index (Phi) is 6.13. The van der Waals surface area contributed by atoms with Crippen LogP contribution in [0.4, 0.5) is 5.13 Å². The normalized spacial score (nSPS) is 17.2. The second kappa shape index (κ2) is 8.85. The van der Waals surface area contributed by atoms with Gasteiger partial charge in [-0.1, -0.05) is 24.1 Å². The Hall–Kier alpha value is -3.02. The van der Waals surface area contributed by atoms with Crippen LogP contribution in [0.25, 0.3) is 11.3 Å². The second-order valence-corrected chi connectivity index (χ2v) is 10.4. The first-order valence-electron chi connectivity index (χ1n) is 10.1. The summed E-state index contributed by atoms with van der Waals surface area (Å²) in [4.78, 5) is 31.6. The standard InChI is InChI=1S/C21H23N5O4S2/c1-13-5-7-15(8-6-13)32(29,30)26-9-3-2-4-18(26)20(28)25-21-24-17(12-31-21)14-10-16(19(22)27)23-11-14/h5-8,10-12,18,23H,2-4,9H2,1H3,(H2,22,27)(H,24,25,28)/t18-/m1/s1. The van der Waals surface area contributed by atoms with Crippen molar-refractivity contribution in [3.8, 4) is 11.3 Å². The van der Waals surface area contributed by atoms with Crippen molar-refractivity contribution in [3.63, 3.8) is 0 Å². The number of aromatic amines is 1. The van der Waals surface area contributed by atoms with Gasteiger partial charge < -0.3 is 16.0 Å². The molecular weight excluding hydrogens is 450 g/mol. The lowest BCUT2D eigenvalue weighted by molar-refractivity contribution is -0.120. The molecule has 1 atom stereocenters. The van der Waals surface area contributed by atoms with Gasteiger partial charge in [-0.15, -0.1) is 11.3 Å². The number of aryl methyl sites for hydroxylation is 1. The number of benzene rings is 1. The summed E-state index contributed by atoms with van der Waals surface area (Å²) >= 11 is 1.22. The summed E-state index contributed by atoms with van der Waals surface area (Å²) in [6, 6.07) is 7.40. The van der Waals surface area contributed by atoms with E-state index in [1.54, 1.807) is 41.9 Å². The fraction of sp³-hybridized carbons (Fsp3) is 0.286. The van der Waals surface area contributed by atoms with Crippen molar-refractivity contribution in [3.05, 3.63) is 53.2 Å². The molecule has 9 nitrogen and oxygen atoms in total. The highest BCUT2D eigenvalue weighted by molar-refractivity contribution is 7.89. The molecule has 3 aromatic rings. The van der Waals surface area contributed by atoms with Crippen molar-refractivity contribution in [2.75, 3.05) is 11.9 Å². The Bertz CT molecular complexity index is 1250. The summed E-state index contributed by atoms with van der Waals surface area (Å²) in [5, 5.41) is 4.85. The number of carbonyl (C=O) groups is 2. The van der Waals surface area contributed by atoms with Crippen molar-refractivity contribution in [1.82, 2.24) is 14.3 Å². The number of amides is 2. The maximum Gasteiger partial charge on any atom is 0.265 e. The number of anilines is 1. The third-order valence-corrected chi connectivity index (χ3v) is 8.04. The van der Waals surface area contributed by atoms with Gasteiger partial charge in [0.2, 0.25) is 15.9 Å². The molecule has 1 aliphatic heterocycles. The van der Waals surface area contributed by atoms with Crippen LogP contribution in [0.2, 0.25) is 0 Å². The number of thiazole rings is 1. The number of hydrogen-bond acceptors (Lipinski definition) is 6. The van der Waals surface area contributed by atoms with Gasteiger partial charge in [-0.2, -0.15) is 4.31 Å². The summed E-state index contributed by atoms with van der Waals surface area (Å²) in [5.74, 6) is -0.986. The van der Waals surface area contributed by atoms with Crippen molar-refractivity contribution < 1.29 is 18.0 Å². The van der Waals surface area contributed by atoms with E-state index in [2.05, 4.69) is 15.3 Å². The molecule has 1 saturated heterocycles. The largest absolute Gasteiger partial charge is 0.364 e. The van der Waals surface area contributed by atoms with E-state index in [1.807, 2.05) is 6.92 Å². The molecular formula is C21H23N5O4S2. The first kappa shape index (κ1) is 22.2. The van der Waals surface area contributed by atoms with Gasteiger partial charge in [0.15, 0.2) is 5.13 Å². The van der Waals surface area contributed by atoms with Crippen LogP contribution in [0.15, 0.2) is 46.8 Å². The Labute approximate surface area is 189 Å². The molecule has 3 heterocycles. The lowest BCUT2D eigenvalue weighted by Crippen LogP contribution is -2.49. The number of carbonyl (C=O) groups excluding carboxylic acids is 2. The molecule has 4 rings (SSSR count). The maximum atomic E-state index is 13.2. The van der Waals surface area contributed by atoms with Gasteiger partial charge in [0.25, 0.3) is 5.91 Å². The van der Waals surface area contributed by atoms with E-state index in [4.69, 9.17) is 5.73 Å². The van der Waals surface area contributed by atoms with Crippen LogP contribution in [0, 0.1) is 6.92 Å². The molecule has 0 spiro atoms. The number of sulfonamides is 1. The molecule has 1 aromatic carbocycles. The Balaban J connectivity index is 1.52. The number of rotatable bonds is 6. The number of hydrogen-bond donors (Lipinski definition) is 3. The fourth-order valence-electron chi connectivity index (χ4n) is 3.64. The third kappa shape index (κ3) is 4.45. The molecule has 32 heavy (non-hydrogen) atoms. The van der Waals surface area contributed by atoms with Crippen LogP contribution in [-0.2, 0) is 14.8 Å². The minimum Gasteiger partial charge on any atom is -0.364 e. The third-order valence-electron chi connectivity index (χ3n) is 5.36. The average Bonchev–Trinajstić information content (AvgIpc) is 3.44. The molecule has 0 saturated carbocycles. The van der Waals surface area contributed by atoms with Crippen LogP contribution < -0.4 is 11.1 Å². The smallest absolute Gasteiger partial charge is 0.265 e. The second-order valence-electron chi connectivity index (χ2n) is 7.63. The highest BCUT2D eigenvalue weighted by Crippen LogP contribution is 2.29. The average molecular weight is 474 g/mol. The molecule has 2 amide bonds. The van der Waals surface area contributed by atoms with Crippen molar-refractivity contribution in [2.45, 2.75) is 37.1 Å². The number of H-pyrrole nitrogens is 1. The van der Waals surface area contributed by atoms with E-state index >= 15 is 0 Å². The lowest BCUT2D eigenvalue weighted by atomic mass is 10.0. The van der Waals surface area contributed by atoms with Crippen LogP contribution >= 0.6 is 11.3 Å². The molecule has 4 N–H and O–H groups in total. The Morgan fingerprint density at radius 1 is 1.25 bits per heavy atom. The molecule has 0 aliphatic carbocycles. The fourth-order valence-corrected chi connectivity index (χ4v) is 6.02. The molecule has 11 heteroatoms. The minimum atomic E-state index is -3.80. The number of aromatic nitrogens is 2. The molecule has 168 valence electrons. The predicted molar refractivity (Wildman–Crippen MR) is 122 cm³/mol. The van der Waals surface area contributed by atoms with Crippen molar-refractivity contribution in [2.24, 2.45) is 5.73 Å². The van der Waals surface area contributed by atoms with E-state index in [-0.39, 0.29) is 17.1 Å². The number of piperidine rings is 1. The quantitative estimate of drug-likeness (QED) is 0.505. The number of nitrogens with two attached hydrogens (primary N) is 1. The molecule has 0 radical (unpaired) electrons. The van der Waals surface area contributed by atoms with Gasteiger partial charge >= 0.3 is 0 Å². The highest BCUT2D eigenvalue weighted by Gasteiger charge is 2.37. The summed E-state index contributed by atoms with van der Waals surface area (Å²) in [6.45, 7) is 2.18. The molecule has 2 aromatic heterocycles. The number of primary amides is 1. The van der Waals surface area contributed by atoms with E-state index < -0.39 is 27.9 Å². The summed E-state index contributed by atoms with van der Waals surface area (Å²) in [6.07, 6.45) is 3.51. The van der Waals surface area contributed by atoms with Gasteiger partial charge in [-0.3, -0.25) is 9.59 Å². The monoisotopic (exact) mass is 473 g/mol. The van der Waals surface area contributed by atoms with Crippen LogP contribution in [0.1, 0.15) is 35.3 Å². The van der Waals surface area contributed by atoms with Gasteiger partial charge in [-0.25, -0.2) is 13.4 Å². The molecule has 1 fully saturated rings. The Morgan fingerprint density at radius 3 is 2.69 bits per heavy atom. The first-order chi connectivity index (χ1) is 15.3. The van der Waals surface area contributed by atoms with E-state index in [1.165, 1.54) is 15.6 Å². The first-order valence-corrected chi connectivity index (χ1v) is 12.4. The molecule has 0 unspecified atom stereocenters. The van der Waals surface area contributed by atoms with Crippen LogP contribution in [0.5, 0.6) is 0 Å². The predicted octanol–water partition coefficient (Wildman–Crippen LogP) is 2.73. The topological polar surface area (TPSA) is 138 Å². The Morgan fingerprint density at radius 2 is 2.00 bits per heavy atom. The van der Waals surface area contributed by atoms with Crippen molar-refractivity contribution >= 4 is 38.3 Å². The zero-order valence-electron chi connectivity index (χ0n) is 17.4. The molecule has 1 aliphatic rings. The van der Waals surface area contributed by atoms with Gasteiger partial charge in [0, 0.05) is 23.7 Å². The lowest BCUT2D eigenvalue weighted by Gasteiger charge is -2.33. The van der Waals surface area contributed by atoms with E-state index in [0.29, 0.717) is 29.2 Å². The van der Waals surface area contributed by atoms with Crippen molar-refractivity contribution in [1.29, 1.82) is 0 Å². The minimum absolute atomic E-state index is 0.178. The highest BCUT2D eigenvalue weighted by atomic mass is 32.2. The van der Waals surface area contributed by atoms with Crippen LogP contribution in [-0.4, -0.2) is 47.1 Å². The van der Waals surface area contributed by atoms with Gasteiger partial charge in [0.1, 0.15) is 11.7 Å². The summed E-state index contributed by atoms with van der Waals surface area (Å²) in [5.41, 5.74) is 7.71. The van der Waals surface area contributed by atoms with Crippen LogP contribution in [0.3, 0.4) is 0 Å². The van der Waals surface area contributed by atoms with E-state index in [0.717, 1.165) is 12.0 Å². The van der Waals surface area contributed by atoms with Gasteiger partial charge in [0.05, 0.1) is 10.6 Å². The van der Waals surface area contributed by atoms with Gasteiger partial charge in [-0.05, 0) is 38.0 Å².